The van der Waals surface area contributed by atoms with Gasteiger partial charge in [-0.1, -0.05) is 12.1 Å². The Balaban J connectivity index is 0.00000300. The number of carbonyl (C=O) groups excluding carboxylic acids is 1. The maximum Gasteiger partial charge on any atom is 0.341 e. The van der Waals surface area contributed by atoms with Crippen LogP contribution in [0, 0.1) is 6.92 Å². The number of hydrogen-bond acceptors (Lipinski definition) is 6. The van der Waals surface area contributed by atoms with Crippen molar-refractivity contribution in [3.05, 3.63) is 47.4 Å². The summed E-state index contributed by atoms with van der Waals surface area (Å²) in [7, 11) is 3.09. The number of carbonyl (C=O) groups is 1. The Morgan fingerprint density at radius 1 is 1.28 bits per heavy atom. The third-order valence-corrected chi connectivity index (χ3v) is 4.81. The molecule has 0 atom stereocenters. The molecule has 0 spiro atoms. The molecule has 2 aromatic rings. The van der Waals surface area contributed by atoms with Crippen molar-refractivity contribution >= 4 is 41.6 Å². The summed E-state index contributed by atoms with van der Waals surface area (Å²) in [5.41, 5.74) is 1.29. The normalized spacial score (nSPS) is 14.4. The molecule has 1 aliphatic rings. The summed E-state index contributed by atoms with van der Waals surface area (Å²) in [4.78, 5) is 20.4. The second-order valence-corrected chi connectivity index (χ2v) is 6.54. The molecule has 8 nitrogen and oxygen atoms in total. The monoisotopic (exact) mass is 514 g/mol. The van der Waals surface area contributed by atoms with Gasteiger partial charge in [-0.25, -0.2) is 4.79 Å². The topological polar surface area (TPSA) is 90.5 Å². The number of hydrogen-bond donors (Lipinski definition) is 2. The first-order valence-corrected chi connectivity index (χ1v) is 9.19. The number of methoxy groups -OCH3 is 1. The molecule has 0 radical (unpaired) electrons. The molecule has 29 heavy (non-hydrogen) atoms. The number of guanidine groups is 1. The summed E-state index contributed by atoms with van der Waals surface area (Å²) in [6, 6.07) is 9.07. The van der Waals surface area contributed by atoms with E-state index < -0.39 is 5.97 Å². The lowest BCUT2D eigenvalue weighted by Gasteiger charge is -2.37. The zero-order valence-corrected chi connectivity index (χ0v) is 19.2. The number of aryl methyl sites for hydroxylation is 1. The average molecular weight is 514 g/mol. The Morgan fingerprint density at radius 2 is 1.97 bits per heavy atom. The number of benzene rings is 1. The zero-order chi connectivity index (χ0) is 20.1. The van der Waals surface area contributed by atoms with E-state index in [1.165, 1.54) is 7.11 Å². The lowest BCUT2D eigenvalue weighted by Crippen LogP contribution is -2.52. The summed E-state index contributed by atoms with van der Waals surface area (Å²) < 4.78 is 10.4. The molecule has 1 aromatic heterocycles. The maximum absolute atomic E-state index is 11.7. The Kier molecular flexibility index (Phi) is 8.18. The van der Waals surface area contributed by atoms with Crippen LogP contribution in [0.15, 0.2) is 39.7 Å². The average Bonchev–Trinajstić information content (AvgIpc) is 3.09. The van der Waals surface area contributed by atoms with Crippen LogP contribution >= 0.6 is 24.0 Å². The fourth-order valence-electron chi connectivity index (χ4n) is 3.33. The minimum Gasteiger partial charge on any atom is -0.506 e. The second-order valence-electron chi connectivity index (χ2n) is 6.54. The summed E-state index contributed by atoms with van der Waals surface area (Å²) in [5, 5.41) is 13.3. The third-order valence-electron chi connectivity index (χ3n) is 4.81. The zero-order valence-electron chi connectivity index (χ0n) is 16.8. The number of esters is 1. The number of aromatic hydroxyl groups is 1. The summed E-state index contributed by atoms with van der Waals surface area (Å²) in [5.74, 6) is 1.85. The minimum absolute atomic E-state index is 0. The number of nitrogens with zero attached hydrogens (tertiary/aromatic N) is 3. The molecule has 158 valence electrons. The number of phenols is 1. The van der Waals surface area contributed by atoms with Gasteiger partial charge in [-0.3, -0.25) is 4.99 Å². The second kappa shape index (κ2) is 10.4. The molecule has 1 aliphatic heterocycles. The Labute approximate surface area is 187 Å². The first kappa shape index (κ1) is 22.9. The maximum atomic E-state index is 11.7. The highest BCUT2D eigenvalue weighted by Gasteiger charge is 2.22. The SMILES string of the molecule is CN=C(NCc1cc(C(=O)OC)c(C)o1)N1CCN(c2ccccc2O)CC1.I. The number of halogens is 1. The van der Waals surface area contributed by atoms with E-state index in [9.17, 15) is 9.90 Å². The number of para-hydroxylation sites is 2. The van der Waals surface area contributed by atoms with E-state index >= 15 is 0 Å². The lowest BCUT2D eigenvalue weighted by atomic mass is 10.2. The van der Waals surface area contributed by atoms with Crippen molar-refractivity contribution < 1.29 is 19.1 Å². The van der Waals surface area contributed by atoms with Gasteiger partial charge in [0.05, 0.1) is 19.3 Å². The molecule has 0 aliphatic carbocycles. The van der Waals surface area contributed by atoms with Crippen LogP contribution in [0.1, 0.15) is 21.9 Å². The minimum atomic E-state index is -0.405. The Hall–Kier alpha value is -2.43. The van der Waals surface area contributed by atoms with Crippen molar-refractivity contribution in [2.45, 2.75) is 13.5 Å². The van der Waals surface area contributed by atoms with Crippen LogP contribution in [-0.2, 0) is 11.3 Å². The number of ether oxygens (including phenoxy) is 1. The van der Waals surface area contributed by atoms with Crippen molar-refractivity contribution in [2.75, 3.05) is 45.2 Å². The van der Waals surface area contributed by atoms with E-state index in [0.717, 1.165) is 37.8 Å². The van der Waals surface area contributed by atoms with Gasteiger partial charge in [0.15, 0.2) is 5.96 Å². The summed E-state index contributed by atoms with van der Waals surface area (Å²) in [6.07, 6.45) is 0. The van der Waals surface area contributed by atoms with Crippen molar-refractivity contribution in [3.8, 4) is 5.75 Å². The van der Waals surface area contributed by atoms with Crippen LogP contribution in [0.4, 0.5) is 5.69 Å². The summed E-state index contributed by atoms with van der Waals surface area (Å²) >= 11 is 0. The lowest BCUT2D eigenvalue weighted by molar-refractivity contribution is 0.0599. The van der Waals surface area contributed by atoms with Crippen molar-refractivity contribution in [1.29, 1.82) is 0 Å². The van der Waals surface area contributed by atoms with Crippen LogP contribution in [0.2, 0.25) is 0 Å². The molecule has 9 heteroatoms. The molecular formula is C20H27IN4O4. The Bertz CT molecular complexity index is 860. The molecule has 2 N–H and O–H groups in total. The molecule has 1 fully saturated rings. The largest absolute Gasteiger partial charge is 0.506 e. The highest BCUT2D eigenvalue weighted by atomic mass is 127. The van der Waals surface area contributed by atoms with E-state index in [1.807, 2.05) is 18.2 Å². The van der Waals surface area contributed by atoms with Gasteiger partial charge in [0, 0.05) is 33.2 Å². The van der Waals surface area contributed by atoms with Crippen LogP contribution in [0.3, 0.4) is 0 Å². The molecule has 0 saturated carbocycles. The van der Waals surface area contributed by atoms with Gasteiger partial charge in [-0.15, -0.1) is 24.0 Å². The van der Waals surface area contributed by atoms with E-state index in [-0.39, 0.29) is 24.0 Å². The van der Waals surface area contributed by atoms with Gasteiger partial charge in [0.1, 0.15) is 22.8 Å². The Morgan fingerprint density at radius 3 is 2.59 bits per heavy atom. The first-order chi connectivity index (χ1) is 13.5. The molecular weight excluding hydrogens is 487 g/mol. The molecule has 1 saturated heterocycles. The quantitative estimate of drug-likeness (QED) is 0.281. The van der Waals surface area contributed by atoms with E-state index in [1.54, 1.807) is 26.1 Å². The van der Waals surface area contributed by atoms with E-state index in [4.69, 9.17) is 9.15 Å². The smallest absolute Gasteiger partial charge is 0.341 e. The highest BCUT2D eigenvalue weighted by molar-refractivity contribution is 14.0. The molecule has 0 unspecified atom stereocenters. The number of rotatable bonds is 4. The molecule has 0 bridgehead atoms. The van der Waals surface area contributed by atoms with E-state index in [2.05, 4.69) is 20.1 Å². The molecule has 1 aromatic carbocycles. The van der Waals surface area contributed by atoms with Gasteiger partial charge >= 0.3 is 5.97 Å². The number of aliphatic imine (C=N–C) groups is 1. The third kappa shape index (κ3) is 5.34. The predicted molar refractivity (Wildman–Crippen MR) is 122 cm³/mol. The van der Waals surface area contributed by atoms with Gasteiger partial charge in [0.2, 0.25) is 0 Å². The van der Waals surface area contributed by atoms with Crippen molar-refractivity contribution in [1.82, 2.24) is 10.2 Å². The fraction of sp³-hybridized carbons (Fsp3) is 0.400. The van der Waals surface area contributed by atoms with E-state index in [0.29, 0.717) is 29.4 Å². The van der Waals surface area contributed by atoms with Gasteiger partial charge in [-0.2, -0.15) is 0 Å². The number of furan rings is 1. The van der Waals surface area contributed by atoms with Crippen LogP contribution in [0.5, 0.6) is 5.75 Å². The number of piperazine rings is 1. The number of phenolic OH excluding ortho intramolecular Hbond substituents is 1. The van der Waals surface area contributed by atoms with Crippen LogP contribution in [0.25, 0.3) is 0 Å². The fourth-order valence-corrected chi connectivity index (χ4v) is 3.33. The molecule has 0 amide bonds. The number of nitrogens with one attached hydrogen (secondary N) is 1. The van der Waals surface area contributed by atoms with Crippen LogP contribution < -0.4 is 10.2 Å². The van der Waals surface area contributed by atoms with Crippen molar-refractivity contribution in [3.63, 3.8) is 0 Å². The molecule has 3 rings (SSSR count). The molecule has 2 heterocycles. The van der Waals surface area contributed by atoms with Crippen LogP contribution in [-0.4, -0.2) is 62.3 Å². The summed E-state index contributed by atoms with van der Waals surface area (Å²) in [6.45, 7) is 5.28. The predicted octanol–water partition coefficient (Wildman–Crippen LogP) is 2.60. The highest BCUT2D eigenvalue weighted by Crippen LogP contribution is 2.27. The van der Waals surface area contributed by atoms with Gasteiger partial charge in [0.25, 0.3) is 0 Å². The first-order valence-electron chi connectivity index (χ1n) is 9.19. The van der Waals surface area contributed by atoms with Crippen molar-refractivity contribution in [2.24, 2.45) is 4.99 Å². The van der Waals surface area contributed by atoms with Gasteiger partial charge in [-0.05, 0) is 25.1 Å². The number of anilines is 1. The standard InChI is InChI=1S/C20H26N4O4.HI/c1-14-16(19(26)27-3)12-15(28-14)13-22-20(21-2)24-10-8-23(9-11-24)17-6-4-5-7-18(17)25;/h4-7,12,25H,8-11,13H2,1-3H3,(H,21,22);1H. The van der Waals surface area contributed by atoms with Gasteiger partial charge < -0.3 is 29.4 Å².